The number of amides is 4. The Morgan fingerprint density at radius 2 is 1.81 bits per heavy atom. The summed E-state index contributed by atoms with van der Waals surface area (Å²) in [4.78, 5) is 63.0. The van der Waals surface area contributed by atoms with Crippen molar-refractivity contribution >= 4 is 41.4 Å². The molecule has 0 aromatic heterocycles. The van der Waals surface area contributed by atoms with Gasteiger partial charge in [-0.05, 0) is 49.0 Å². The molecule has 1 aromatic carbocycles. The lowest BCUT2D eigenvalue weighted by Gasteiger charge is -2.28. The van der Waals surface area contributed by atoms with Gasteiger partial charge in [-0.1, -0.05) is 12.1 Å². The summed E-state index contributed by atoms with van der Waals surface area (Å²) < 4.78 is 0. The molecule has 0 saturated carbocycles. The van der Waals surface area contributed by atoms with Crippen LogP contribution in [0.4, 0.5) is 0 Å². The minimum Gasteiger partial charge on any atom is -0.508 e. The predicted molar refractivity (Wildman–Crippen MR) is 133 cm³/mol. The summed E-state index contributed by atoms with van der Waals surface area (Å²) in [5.74, 6) is -3.27. The Hall–Kier alpha value is -3.32. The Morgan fingerprint density at radius 1 is 1.14 bits per heavy atom. The van der Waals surface area contributed by atoms with Gasteiger partial charge in [0.05, 0.1) is 12.5 Å². The number of nitrogens with one attached hydrogen (secondary N) is 2. The summed E-state index contributed by atoms with van der Waals surface area (Å²) in [5, 5.41) is 24.2. The number of nitrogens with two attached hydrogens (primary N) is 2. The van der Waals surface area contributed by atoms with E-state index in [2.05, 4.69) is 10.6 Å². The average molecular weight is 524 g/mol. The molecular weight excluding hydrogens is 490 g/mol. The molecule has 0 radical (unpaired) electrons. The zero-order chi connectivity index (χ0) is 26.8. The average Bonchev–Trinajstić information content (AvgIpc) is 3.31. The van der Waals surface area contributed by atoms with Crippen LogP contribution >= 0.6 is 11.8 Å². The van der Waals surface area contributed by atoms with Crippen LogP contribution < -0.4 is 22.1 Å². The number of hydrogen-bond donors (Lipinski definition) is 6. The predicted octanol–water partition coefficient (Wildman–Crippen LogP) is -1.06. The van der Waals surface area contributed by atoms with Crippen LogP contribution in [0.3, 0.4) is 0 Å². The van der Waals surface area contributed by atoms with E-state index in [0.717, 1.165) is 0 Å². The van der Waals surface area contributed by atoms with Crippen LogP contribution in [0.5, 0.6) is 5.75 Å². The lowest BCUT2D eigenvalue weighted by molar-refractivity contribution is -0.143. The fourth-order valence-electron chi connectivity index (χ4n) is 3.93. The molecule has 1 aliphatic heterocycles. The number of benzene rings is 1. The molecule has 4 atom stereocenters. The van der Waals surface area contributed by atoms with Gasteiger partial charge in [0.15, 0.2) is 0 Å². The van der Waals surface area contributed by atoms with Crippen molar-refractivity contribution in [2.24, 2.45) is 11.5 Å². The number of thioether (sulfide) groups is 1. The van der Waals surface area contributed by atoms with Crippen LogP contribution in [0.15, 0.2) is 24.3 Å². The number of hydrogen-bond acceptors (Lipinski definition) is 8. The van der Waals surface area contributed by atoms with E-state index in [0.29, 0.717) is 24.2 Å². The third-order valence-electron chi connectivity index (χ3n) is 5.81. The summed E-state index contributed by atoms with van der Waals surface area (Å²) in [6, 6.07) is 1.66. The van der Waals surface area contributed by atoms with Crippen molar-refractivity contribution in [1.29, 1.82) is 0 Å². The molecule has 36 heavy (non-hydrogen) atoms. The second-order valence-electron chi connectivity index (χ2n) is 8.58. The number of carboxylic acid groups (broad SMARTS) is 1. The quantitative estimate of drug-likeness (QED) is 0.186. The number of carbonyl (C=O) groups excluding carboxylic acids is 4. The third-order valence-corrected chi connectivity index (χ3v) is 6.46. The summed E-state index contributed by atoms with van der Waals surface area (Å²) in [5.41, 5.74) is 11.5. The van der Waals surface area contributed by atoms with Gasteiger partial charge in [0.2, 0.25) is 23.6 Å². The van der Waals surface area contributed by atoms with E-state index in [1.807, 2.05) is 6.26 Å². The first-order valence-electron chi connectivity index (χ1n) is 11.5. The van der Waals surface area contributed by atoms with Gasteiger partial charge in [-0.2, -0.15) is 11.8 Å². The van der Waals surface area contributed by atoms with Crippen LogP contribution in [0.2, 0.25) is 0 Å². The number of phenolic OH excluding ortho intramolecular Hbond substituents is 1. The minimum atomic E-state index is -1.19. The van der Waals surface area contributed by atoms with E-state index >= 15 is 0 Å². The molecule has 8 N–H and O–H groups in total. The number of rotatable bonds is 13. The maximum absolute atomic E-state index is 13.2. The Balaban J connectivity index is 2.20. The summed E-state index contributed by atoms with van der Waals surface area (Å²) in [7, 11) is 0. The van der Waals surface area contributed by atoms with Gasteiger partial charge >= 0.3 is 5.97 Å². The van der Waals surface area contributed by atoms with Crippen molar-refractivity contribution < 1.29 is 34.2 Å². The summed E-state index contributed by atoms with van der Waals surface area (Å²) >= 11 is 1.44. The van der Waals surface area contributed by atoms with Crippen molar-refractivity contribution in [1.82, 2.24) is 15.5 Å². The van der Waals surface area contributed by atoms with Gasteiger partial charge in [-0.3, -0.25) is 19.2 Å². The Labute approximate surface area is 213 Å². The number of phenols is 1. The van der Waals surface area contributed by atoms with Crippen molar-refractivity contribution in [2.75, 3.05) is 18.6 Å². The zero-order valence-electron chi connectivity index (χ0n) is 20.0. The highest BCUT2D eigenvalue weighted by Gasteiger charge is 2.38. The van der Waals surface area contributed by atoms with Gasteiger partial charge in [-0.15, -0.1) is 0 Å². The van der Waals surface area contributed by atoms with Crippen molar-refractivity contribution in [3.8, 4) is 5.75 Å². The molecule has 2 rings (SSSR count). The maximum atomic E-state index is 13.2. The van der Waals surface area contributed by atoms with Crippen molar-refractivity contribution in [3.05, 3.63) is 29.8 Å². The molecule has 1 aliphatic rings. The third kappa shape index (κ3) is 8.41. The molecule has 0 spiro atoms. The number of aliphatic carboxylic acids is 1. The summed E-state index contributed by atoms with van der Waals surface area (Å²) in [6.07, 6.45) is 2.54. The monoisotopic (exact) mass is 523 g/mol. The Bertz CT molecular complexity index is 959. The lowest BCUT2D eigenvalue weighted by Crippen LogP contribution is -2.57. The normalized spacial score (nSPS) is 17.6. The van der Waals surface area contributed by atoms with E-state index in [9.17, 15) is 34.2 Å². The number of nitrogens with zero attached hydrogens (tertiary/aromatic N) is 1. The minimum absolute atomic E-state index is 0.0224. The van der Waals surface area contributed by atoms with Crippen LogP contribution in [-0.4, -0.2) is 87.4 Å². The van der Waals surface area contributed by atoms with Gasteiger partial charge < -0.3 is 37.2 Å². The van der Waals surface area contributed by atoms with Gasteiger partial charge in [0.25, 0.3) is 0 Å². The molecule has 1 saturated heterocycles. The fourth-order valence-corrected chi connectivity index (χ4v) is 4.40. The molecule has 0 bridgehead atoms. The fraction of sp³-hybridized carbons (Fsp3) is 0.522. The molecule has 1 aromatic rings. The van der Waals surface area contributed by atoms with E-state index in [4.69, 9.17) is 11.5 Å². The van der Waals surface area contributed by atoms with E-state index in [1.165, 1.54) is 28.8 Å². The van der Waals surface area contributed by atoms with Crippen LogP contribution in [-0.2, 0) is 30.4 Å². The van der Waals surface area contributed by atoms with Crippen molar-refractivity contribution in [2.45, 2.75) is 56.3 Å². The van der Waals surface area contributed by atoms with E-state index < -0.39 is 53.8 Å². The highest BCUT2D eigenvalue weighted by Crippen LogP contribution is 2.20. The Morgan fingerprint density at radius 3 is 2.39 bits per heavy atom. The first kappa shape index (κ1) is 28.9. The smallest absolute Gasteiger partial charge is 0.326 e. The second kappa shape index (κ2) is 13.7. The van der Waals surface area contributed by atoms with Crippen molar-refractivity contribution in [3.63, 3.8) is 0 Å². The van der Waals surface area contributed by atoms with Gasteiger partial charge in [0.1, 0.15) is 23.9 Å². The SMILES string of the molecule is CSCCC(NC(=O)C(Cc1ccc(O)cc1)NC(=O)C1CCCN1C(=O)C(N)CC(N)=O)C(=O)O. The highest BCUT2D eigenvalue weighted by atomic mass is 32.2. The van der Waals surface area contributed by atoms with E-state index in [-0.39, 0.29) is 31.6 Å². The summed E-state index contributed by atoms with van der Waals surface area (Å²) in [6.45, 7) is 0.258. The first-order chi connectivity index (χ1) is 17.0. The second-order valence-corrected chi connectivity index (χ2v) is 9.56. The molecule has 1 fully saturated rings. The Kier molecular flexibility index (Phi) is 11.0. The molecule has 13 heteroatoms. The number of carboxylic acids is 1. The molecule has 4 amide bonds. The number of likely N-dealkylation sites (tertiary alicyclic amines) is 1. The topological polar surface area (TPSA) is 205 Å². The van der Waals surface area contributed by atoms with E-state index in [1.54, 1.807) is 12.1 Å². The standard InChI is InChI=1S/C23H33N5O7S/c1-36-10-8-16(23(34)35)26-20(31)17(11-13-4-6-14(29)7-5-13)27-21(32)18-3-2-9-28(18)22(33)15(24)12-19(25)30/h4-7,15-18,29H,2-3,8-12,24H2,1H3,(H2,25,30)(H,26,31)(H,27,32)(H,34,35). The molecule has 0 aliphatic carbocycles. The maximum Gasteiger partial charge on any atom is 0.326 e. The number of aromatic hydroxyl groups is 1. The molecule has 198 valence electrons. The highest BCUT2D eigenvalue weighted by molar-refractivity contribution is 7.98. The van der Waals surface area contributed by atoms with Gasteiger partial charge in [0, 0.05) is 13.0 Å². The zero-order valence-corrected chi connectivity index (χ0v) is 20.8. The first-order valence-corrected chi connectivity index (χ1v) is 12.9. The van der Waals surface area contributed by atoms with Gasteiger partial charge in [-0.25, -0.2) is 4.79 Å². The number of carbonyl (C=O) groups is 5. The molecule has 12 nitrogen and oxygen atoms in total. The molecule has 4 unspecified atom stereocenters. The largest absolute Gasteiger partial charge is 0.508 e. The van der Waals surface area contributed by atoms with Crippen LogP contribution in [0.1, 0.15) is 31.2 Å². The van der Waals surface area contributed by atoms with Crippen LogP contribution in [0.25, 0.3) is 0 Å². The molecular formula is C23H33N5O7S. The lowest BCUT2D eigenvalue weighted by atomic mass is 10.0. The number of primary amides is 1. The van der Waals surface area contributed by atoms with Crippen LogP contribution in [0, 0.1) is 0 Å². The molecule has 1 heterocycles.